The van der Waals surface area contributed by atoms with E-state index < -0.39 is 15.9 Å². The molecule has 1 N–H and O–H groups in total. The quantitative estimate of drug-likeness (QED) is 0.458. The van der Waals surface area contributed by atoms with Crippen LogP contribution in [0.4, 0.5) is 10.1 Å². The number of rotatable bonds is 8. The Hall–Kier alpha value is -3.11. The predicted octanol–water partition coefficient (Wildman–Crippen LogP) is 4.37. The van der Waals surface area contributed by atoms with Crippen molar-refractivity contribution in [2.24, 2.45) is 10.9 Å². The van der Waals surface area contributed by atoms with Crippen molar-refractivity contribution >= 4 is 49.4 Å². The number of nitrogens with one attached hydrogen (secondary N) is 1. The monoisotopic (exact) mass is 582 g/mol. The minimum absolute atomic E-state index is 0.153. The summed E-state index contributed by atoms with van der Waals surface area (Å²) in [5, 5.41) is 13.1. The number of fused-ring (bicyclic) bond motifs is 1. The first-order valence-electron chi connectivity index (χ1n) is 13.7. The van der Waals surface area contributed by atoms with Gasteiger partial charge in [-0.25, -0.2) is 18.4 Å². The first-order chi connectivity index (χ1) is 19.4. The molecule has 10 nitrogen and oxygen atoms in total. The van der Waals surface area contributed by atoms with Crippen LogP contribution in [0.5, 0.6) is 0 Å². The maximum atomic E-state index is 13.6. The minimum atomic E-state index is -3.66. The van der Waals surface area contributed by atoms with Crippen LogP contribution in [-0.4, -0.2) is 74.2 Å². The molecule has 5 rings (SSSR count). The van der Waals surface area contributed by atoms with Gasteiger partial charge in [0.2, 0.25) is 15.9 Å². The van der Waals surface area contributed by atoms with Crippen LogP contribution in [0, 0.1) is 17.2 Å². The maximum Gasteiger partial charge on any atom is 0.243 e. The highest BCUT2D eigenvalue weighted by molar-refractivity contribution is 7.89. The molecule has 0 radical (unpaired) electrons. The van der Waals surface area contributed by atoms with E-state index in [1.54, 1.807) is 31.4 Å². The molecule has 2 aromatic rings. The lowest BCUT2D eigenvalue weighted by molar-refractivity contribution is -0.118. The van der Waals surface area contributed by atoms with E-state index in [1.165, 1.54) is 28.5 Å². The molecule has 1 saturated carbocycles. The number of carbonyl (C=O) groups is 1. The molecular weight excluding hydrogens is 548 g/mol. The van der Waals surface area contributed by atoms with Gasteiger partial charge < -0.3 is 10.1 Å². The molecule has 3 heterocycles. The predicted molar refractivity (Wildman–Crippen MR) is 155 cm³/mol. The summed E-state index contributed by atoms with van der Waals surface area (Å²) in [4.78, 5) is 24.9. The third-order valence-electron chi connectivity index (χ3n) is 7.80. The number of sulfonamides is 1. The highest BCUT2D eigenvalue weighted by atomic mass is 32.2. The number of ether oxygens (including phenoxy) is 1. The lowest BCUT2D eigenvalue weighted by atomic mass is 9.87. The molecular formula is C28H34N6O4S2. The van der Waals surface area contributed by atoms with E-state index >= 15 is 0 Å². The summed E-state index contributed by atoms with van der Waals surface area (Å²) >= 11 is 1.31. The molecule has 2 aliphatic heterocycles. The number of benzene rings is 1. The van der Waals surface area contributed by atoms with Crippen LogP contribution in [0.1, 0.15) is 55.7 Å². The van der Waals surface area contributed by atoms with E-state index in [9.17, 15) is 13.2 Å². The summed E-state index contributed by atoms with van der Waals surface area (Å²) < 4.78 is 33.3. The molecule has 1 aliphatic carbocycles. The van der Waals surface area contributed by atoms with Gasteiger partial charge >= 0.3 is 0 Å². The molecule has 1 saturated heterocycles. The maximum absolute atomic E-state index is 13.6. The Bertz CT molecular complexity index is 1410. The number of carbonyl (C=O) groups excluding carboxylic acids is 1. The number of methoxy groups -OCH3 is 1. The van der Waals surface area contributed by atoms with Crippen LogP contribution in [0.15, 0.2) is 40.2 Å². The van der Waals surface area contributed by atoms with Gasteiger partial charge in [0.25, 0.3) is 0 Å². The van der Waals surface area contributed by atoms with Crippen molar-refractivity contribution in [1.82, 2.24) is 14.2 Å². The second-order valence-electron chi connectivity index (χ2n) is 10.4. The average molecular weight is 583 g/mol. The molecule has 40 heavy (non-hydrogen) atoms. The van der Waals surface area contributed by atoms with Crippen molar-refractivity contribution in [3.05, 3.63) is 41.6 Å². The number of aliphatic imine (C=N–C) groups is 1. The van der Waals surface area contributed by atoms with E-state index in [2.05, 4.69) is 21.4 Å². The van der Waals surface area contributed by atoms with E-state index in [4.69, 9.17) is 10.00 Å². The summed E-state index contributed by atoms with van der Waals surface area (Å²) in [6, 6.07) is 8.88. The number of nitriles is 1. The normalized spacial score (nSPS) is 19.4. The highest BCUT2D eigenvalue weighted by Crippen LogP contribution is 2.38. The molecule has 1 unspecified atom stereocenters. The topological polar surface area (TPSA) is 128 Å². The van der Waals surface area contributed by atoms with Crippen molar-refractivity contribution in [2.45, 2.75) is 49.3 Å². The number of piperazine rings is 1. The van der Waals surface area contributed by atoms with Gasteiger partial charge in [0.15, 0.2) is 11.0 Å². The van der Waals surface area contributed by atoms with Crippen molar-refractivity contribution < 1.29 is 17.9 Å². The summed E-state index contributed by atoms with van der Waals surface area (Å²) in [5.74, 6) is 0.468. The van der Waals surface area contributed by atoms with Gasteiger partial charge in [0.1, 0.15) is 10.7 Å². The SMILES string of the molecule is COC1=Nc2sc(NC(=O)C(CC3CCCC3)c3ccc(S(=O)(=O)N4CCN(CC#N)CC4)cc3)nc2C=CC1. The zero-order valence-corrected chi connectivity index (χ0v) is 24.2. The largest absolute Gasteiger partial charge is 0.484 e. The molecule has 212 valence electrons. The van der Waals surface area contributed by atoms with Crippen LogP contribution < -0.4 is 5.32 Å². The fourth-order valence-corrected chi connectivity index (χ4v) is 7.81. The van der Waals surface area contributed by atoms with E-state index in [0.717, 1.165) is 18.4 Å². The average Bonchev–Trinajstić information content (AvgIpc) is 3.57. The van der Waals surface area contributed by atoms with Gasteiger partial charge in [-0.15, -0.1) is 0 Å². The Balaban J connectivity index is 1.33. The molecule has 12 heteroatoms. The van der Waals surface area contributed by atoms with E-state index in [-0.39, 0.29) is 10.8 Å². The second kappa shape index (κ2) is 12.6. The fourth-order valence-electron chi connectivity index (χ4n) is 5.54. The van der Waals surface area contributed by atoms with Crippen LogP contribution in [0.25, 0.3) is 6.08 Å². The van der Waals surface area contributed by atoms with Crippen molar-refractivity contribution in [1.29, 1.82) is 5.26 Å². The third-order valence-corrected chi connectivity index (χ3v) is 10.6. The highest BCUT2D eigenvalue weighted by Gasteiger charge is 2.31. The molecule has 0 spiro atoms. The number of thiazole rings is 1. The lowest BCUT2D eigenvalue weighted by Crippen LogP contribution is -2.48. The number of amides is 1. The Morgan fingerprint density at radius 3 is 2.60 bits per heavy atom. The number of aromatic nitrogens is 1. The van der Waals surface area contributed by atoms with Gasteiger partial charge in [0.05, 0.1) is 30.5 Å². The Morgan fingerprint density at radius 1 is 1.20 bits per heavy atom. The summed E-state index contributed by atoms with van der Waals surface area (Å²) in [6.45, 7) is 2.06. The fraction of sp³-hybridized carbons (Fsp3) is 0.500. The first kappa shape index (κ1) is 28.4. The van der Waals surface area contributed by atoms with Crippen LogP contribution >= 0.6 is 11.3 Å². The lowest BCUT2D eigenvalue weighted by Gasteiger charge is -2.32. The minimum Gasteiger partial charge on any atom is -0.484 e. The van der Waals surface area contributed by atoms with Crippen LogP contribution in [0.3, 0.4) is 0 Å². The van der Waals surface area contributed by atoms with Crippen molar-refractivity contribution in [3.63, 3.8) is 0 Å². The molecule has 1 aromatic heterocycles. The number of hydrogen-bond donors (Lipinski definition) is 1. The summed E-state index contributed by atoms with van der Waals surface area (Å²) in [5.41, 5.74) is 1.49. The Morgan fingerprint density at radius 2 is 1.93 bits per heavy atom. The molecule has 1 amide bonds. The van der Waals surface area contributed by atoms with Gasteiger partial charge in [-0.1, -0.05) is 55.2 Å². The van der Waals surface area contributed by atoms with Gasteiger partial charge in [-0.05, 0) is 36.1 Å². The molecule has 3 aliphatic rings. The zero-order valence-electron chi connectivity index (χ0n) is 22.6. The Kier molecular flexibility index (Phi) is 8.95. The van der Waals surface area contributed by atoms with Crippen molar-refractivity contribution in [2.75, 3.05) is 45.2 Å². The van der Waals surface area contributed by atoms with Crippen LogP contribution in [-0.2, 0) is 19.6 Å². The van der Waals surface area contributed by atoms with Crippen molar-refractivity contribution in [3.8, 4) is 6.07 Å². The Labute approximate surface area is 239 Å². The zero-order chi connectivity index (χ0) is 28.1. The number of hydrogen-bond acceptors (Lipinski definition) is 9. The third kappa shape index (κ3) is 6.44. The molecule has 0 bridgehead atoms. The molecule has 1 aromatic carbocycles. The second-order valence-corrected chi connectivity index (χ2v) is 13.3. The van der Waals surface area contributed by atoms with Crippen LogP contribution in [0.2, 0.25) is 0 Å². The van der Waals surface area contributed by atoms with Gasteiger partial charge in [0, 0.05) is 32.6 Å². The van der Waals surface area contributed by atoms with Gasteiger partial charge in [-0.3, -0.25) is 9.69 Å². The first-order valence-corrected chi connectivity index (χ1v) is 15.9. The number of nitrogens with zero attached hydrogens (tertiary/aromatic N) is 5. The number of anilines is 1. The molecule has 1 atom stereocenters. The van der Waals surface area contributed by atoms with Gasteiger partial charge in [-0.2, -0.15) is 9.57 Å². The standard InChI is InChI=1S/C28H34N6O4S2/c1-38-25-8-4-7-24-27(31-25)39-28(30-24)32-26(35)23(19-20-5-2-3-6-20)21-9-11-22(12-10-21)40(36,37)34-17-15-33(14-13-29)16-18-34/h4,7,9-12,20,23H,2-3,5-6,8,14-19H2,1H3,(H,30,32,35). The van der Waals surface area contributed by atoms with E-state index in [0.29, 0.717) is 73.2 Å². The molecule has 2 fully saturated rings. The summed E-state index contributed by atoms with van der Waals surface area (Å²) in [6.07, 6.45) is 9.65. The summed E-state index contributed by atoms with van der Waals surface area (Å²) in [7, 11) is -2.07. The van der Waals surface area contributed by atoms with E-state index in [1.807, 2.05) is 17.1 Å². The smallest absolute Gasteiger partial charge is 0.243 e.